The number of carboxylic acids is 1. The van der Waals surface area contributed by atoms with Crippen molar-refractivity contribution in [3.8, 4) is 0 Å². The molecular weight excluding hydrogens is 218 g/mol. The quantitative estimate of drug-likeness (QED) is 0.802. The third-order valence-corrected chi connectivity index (χ3v) is 3.85. The number of hydrogen-bond donors (Lipinski definition) is 1. The molecule has 1 aliphatic rings. The second-order valence-corrected chi connectivity index (χ2v) is 5.13. The minimum absolute atomic E-state index is 0.0830. The molecule has 1 rings (SSSR count). The Kier molecular flexibility index (Phi) is 4.97. The van der Waals surface area contributed by atoms with Gasteiger partial charge in [0.2, 0.25) is 5.91 Å². The number of hydrogen-bond acceptors (Lipinski definition) is 2. The van der Waals surface area contributed by atoms with Crippen molar-refractivity contribution < 1.29 is 14.7 Å². The molecule has 1 N–H and O–H groups in total. The maximum absolute atomic E-state index is 12.2. The molecule has 0 radical (unpaired) electrons. The highest BCUT2D eigenvalue weighted by atomic mass is 16.4. The number of nitrogens with zero attached hydrogens (tertiary/aromatic N) is 1. The number of carbonyl (C=O) groups is 2. The fourth-order valence-corrected chi connectivity index (χ4v) is 2.55. The fraction of sp³-hybridized carbons (Fsp3) is 0.846. The Labute approximate surface area is 103 Å². The van der Waals surface area contributed by atoms with Gasteiger partial charge in [0.1, 0.15) is 0 Å². The summed E-state index contributed by atoms with van der Waals surface area (Å²) in [4.78, 5) is 24.8. The summed E-state index contributed by atoms with van der Waals surface area (Å²) >= 11 is 0. The zero-order valence-electron chi connectivity index (χ0n) is 11.0. The molecule has 1 aliphatic carbocycles. The molecule has 0 aromatic heterocycles. The molecule has 1 fully saturated rings. The summed E-state index contributed by atoms with van der Waals surface area (Å²) in [5.41, 5.74) is 0. The normalized spacial score (nSPS) is 25.6. The Hall–Kier alpha value is -1.06. The van der Waals surface area contributed by atoms with Gasteiger partial charge in [-0.1, -0.05) is 13.3 Å². The molecule has 0 aliphatic heterocycles. The summed E-state index contributed by atoms with van der Waals surface area (Å²) < 4.78 is 0. The van der Waals surface area contributed by atoms with Gasteiger partial charge in [0, 0.05) is 19.0 Å². The molecule has 1 saturated carbocycles. The van der Waals surface area contributed by atoms with Crippen LogP contribution in [0.1, 0.15) is 46.0 Å². The smallest absolute Gasteiger partial charge is 0.306 e. The van der Waals surface area contributed by atoms with Crippen LogP contribution in [0.2, 0.25) is 0 Å². The SMILES string of the molecule is CCCC(C)N(C)C(=O)C1CCC(C(=O)O)C1. The van der Waals surface area contributed by atoms with Gasteiger partial charge in [-0.3, -0.25) is 9.59 Å². The van der Waals surface area contributed by atoms with Crippen LogP contribution in [0.4, 0.5) is 0 Å². The van der Waals surface area contributed by atoms with Gasteiger partial charge in [-0.25, -0.2) is 0 Å². The first-order chi connectivity index (χ1) is 7.97. The highest BCUT2D eigenvalue weighted by molar-refractivity contribution is 5.81. The van der Waals surface area contributed by atoms with Gasteiger partial charge in [0.25, 0.3) is 0 Å². The third kappa shape index (κ3) is 3.45. The summed E-state index contributed by atoms with van der Waals surface area (Å²) in [5.74, 6) is -1.04. The van der Waals surface area contributed by atoms with Crippen LogP contribution in [0.25, 0.3) is 0 Å². The molecule has 3 atom stereocenters. The molecule has 17 heavy (non-hydrogen) atoms. The molecule has 4 nitrogen and oxygen atoms in total. The number of rotatable bonds is 5. The lowest BCUT2D eigenvalue weighted by Crippen LogP contribution is -2.38. The highest BCUT2D eigenvalue weighted by Gasteiger charge is 2.35. The van der Waals surface area contributed by atoms with Gasteiger partial charge in [-0.15, -0.1) is 0 Å². The average molecular weight is 241 g/mol. The Morgan fingerprint density at radius 2 is 1.94 bits per heavy atom. The number of carboxylic acid groups (broad SMARTS) is 1. The first kappa shape index (κ1) is 14.0. The molecule has 98 valence electrons. The van der Waals surface area contributed by atoms with Gasteiger partial charge >= 0.3 is 5.97 Å². The van der Waals surface area contributed by atoms with Crippen LogP contribution >= 0.6 is 0 Å². The van der Waals surface area contributed by atoms with E-state index in [1.165, 1.54) is 0 Å². The van der Waals surface area contributed by atoms with Crippen LogP contribution in [0.15, 0.2) is 0 Å². The van der Waals surface area contributed by atoms with Crippen molar-refractivity contribution in [1.82, 2.24) is 4.90 Å². The minimum atomic E-state index is -0.760. The fourth-order valence-electron chi connectivity index (χ4n) is 2.55. The first-order valence-corrected chi connectivity index (χ1v) is 6.46. The second kappa shape index (κ2) is 6.03. The maximum Gasteiger partial charge on any atom is 0.306 e. The lowest BCUT2D eigenvalue weighted by atomic mass is 10.0. The minimum Gasteiger partial charge on any atom is -0.481 e. The van der Waals surface area contributed by atoms with Crippen molar-refractivity contribution in [2.75, 3.05) is 7.05 Å². The average Bonchev–Trinajstić information content (AvgIpc) is 2.76. The van der Waals surface area contributed by atoms with E-state index in [2.05, 4.69) is 6.92 Å². The monoisotopic (exact) mass is 241 g/mol. The third-order valence-electron chi connectivity index (χ3n) is 3.85. The Morgan fingerprint density at radius 3 is 2.41 bits per heavy atom. The van der Waals surface area contributed by atoms with Gasteiger partial charge in [-0.2, -0.15) is 0 Å². The summed E-state index contributed by atoms with van der Waals surface area (Å²) in [5, 5.41) is 8.92. The number of carbonyl (C=O) groups excluding carboxylic acids is 1. The highest BCUT2D eigenvalue weighted by Crippen LogP contribution is 2.32. The summed E-state index contributed by atoms with van der Waals surface area (Å²) in [6.45, 7) is 4.15. The van der Waals surface area contributed by atoms with E-state index in [0.29, 0.717) is 12.8 Å². The van der Waals surface area contributed by atoms with E-state index < -0.39 is 5.97 Å². The van der Waals surface area contributed by atoms with Crippen molar-refractivity contribution in [3.63, 3.8) is 0 Å². The molecule has 0 aromatic rings. The zero-order chi connectivity index (χ0) is 13.0. The van der Waals surface area contributed by atoms with Crippen LogP contribution in [0.3, 0.4) is 0 Å². The van der Waals surface area contributed by atoms with Crippen LogP contribution in [-0.2, 0) is 9.59 Å². The van der Waals surface area contributed by atoms with E-state index in [4.69, 9.17) is 5.11 Å². The van der Waals surface area contributed by atoms with E-state index in [-0.39, 0.29) is 23.8 Å². The van der Waals surface area contributed by atoms with Crippen LogP contribution in [0, 0.1) is 11.8 Å². The first-order valence-electron chi connectivity index (χ1n) is 6.46. The summed E-state index contributed by atoms with van der Waals surface area (Å²) in [6.07, 6.45) is 3.93. The molecule has 0 saturated heterocycles. The molecular formula is C13H23NO3. The van der Waals surface area contributed by atoms with Gasteiger partial charge in [-0.05, 0) is 32.6 Å². The Bertz CT molecular complexity index is 290. The number of aliphatic carboxylic acids is 1. The second-order valence-electron chi connectivity index (χ2n) is 5.13. The van der Waals surface area contributed by atoms with E-state index in [1.54, 1.807) is 4.90 Å². The van der Waals surface area contributed by atoms with Gasteiger partial charge in [0.15, 0.2) is 0 Å². The van der Waals surface area contributed by atoms with E-state index in [9.17, 15) is 9.59 Å². The molecule has 0 spiro atoms. The summed E-state index contributed by atoms with van der Waals surface area (Å²) in [7, 11) is 1.83. The molecule has 4 heteroatoms. The Morgan fingerprint density at radius 1 is 1.35 bits per heavy atom. The van der Waals surface area contributed by atoms with E-state index >= 15 is 0 Å². The topological polar surface area (TPSA) is 57.6 Å². The van der Waals surface area contributed by atoms with Crippen molar-refractivity contribution in [3.05, 3.63) is 0 Å². The van der Waals surface area contributed by atoms with Crippen LogP contribution in [-0.4, -0.2) is 35.0 Å². The molecule has 0 aromatic carbocycles. The molecule has 3 unspecified atom stereocenters. The van der Waals surface area contributed by atoms with Crippen molar-refractivity contribution in [2.24, 2.45) is 11.8 Å². The molecule has 0 bridgehead atoms. The van der Waals surface area contributed by atoms with Crippen molar-refractivity contribution >= 4 is 11.9 Å². The standard InChI is InChI=1S/C13H23NO3/c1-4-5-9(2)14(3)12(15)10-6-7-11(8-10)13(16)17/h9-11H,4-8H2,1-3H3,(H,16,17). The predicted octanol–water partition coefficient (Wildman–Crippen LogP) is 2.13. The summed E-state index contributed by atoms with van der Waals surface area (Å²) in [6, 6.07) is 0.247. The maximum atomic E-state index is 12.2. The van der Waals surface area contributed by atoms with Crippen molar-refractivity contribution in [2.45, 2.75) is 52.0 Å². The van der Waals surface area contributed by atoms with Crippen LogP contribution in [0.5, 0.6) is 0 Å². The van der Waals surface area contributed by atoms with Gasteiger partial charge in [0.05, 0.1) is 5.92 Å². The number of amides is 1. The van der Waals surface area contributed by atoms with Gasteiger partial charge < -0.3 is 10.0 Å². The van der Waals surface area contributed by atoms with Crippen LogP contribution < -0.4 is 0 Å². The van der Waals surface area contributed by atoms with E-state index in [1.807, 2.05) is 14.0 Å². The Balaban J connectivity index is 2.51. The lowest BCUT2D eigenvalue weighted by Gasteiger charge is -2.27. The predicted molar refractivity (Wildman–Crippen MR) is 65.6 cm³/mol. The largest absolute Gasteiger partial charge is 0.481 e. The zero-order valence-corrected chi connectivity index (χ0v) is 11.0. The van der Waals surface area contributed by atoms with E-state index in [0.717, 1.165) is 19.3 Å². The van der Waals surface area contributed by atoms with Crippen molar-refractivity contribution in [1.29, 1.82) is 0 Å². The molecule has 1 amide bonds. The molecule has 0 heterocycles. The lowest BCUT2D eigenvalue weighted by molar-refractivity contribution is -0.141.